The van der Waals surface area contributed by atoms with Gasteiger partial charge < -0.3 is 30.4 Å². The summed E-state index contributed by atoms with van der Waals surface area (Å²) in [5.74, 6) is -1.55. The number of rotatable bonds is 6. The van der Waals surface area contributed by atoms with Crippen molar-refractivity contribution in [3.05, 3.63) is 57.8 Å². The maximum absolute atomic E-state index is 14.4. The molecule has 0 spiro atoms. The predicted octanol–water partition coefficient (Wildman–Crippen LogP) is 4.69. The summed E-state index contributed by atoms with van der Waals surface area (Å²) in [5, 5.41) is 16.9. The SMILES string of the molecule is COC1CCC(NC(=O)Nc2cc(N3CCCC3c3cc(F)ccc3F)cnc2[N+](=O)[O-])CC1. The van der Waals surface area contributed by atoms with Crippen LogP contribution < -0.4 is 15.5 Å². The van der Waals surface area contributed by atoms with Crippen LogP contribution in [0.5, 0.6) is 0 Å². The van der Waals surface area contributed by atoms with Gasteiger partial charge in [-0.05, 0) is 72.7 Å². The normalized spacial score (nSPS) is 22.4. The quantitative estimate of drug-likeness (QED) is 0.463. The van der Waals surface area contributed by atoms with Crippen LogP contribution in [-0.2, 0) is 4.74 Å². The van der Waals surface area contributed by atoms with Gasteiger partial charge in [0.2, 0.25) is 0 Å². The molecular formula is C23H27F2N5O4. The van der Waals surface area contributed by atoms with Gasteiger partial charge in [0.1, 0.15) is 17.3 Å². The topological polar surface area (TPSA) is 110 Å². The zero-order valence-electron chi connectivity index (χ0n) is 18.8. The largest absolute Gasteiger partial charge is 0.387 e. The molecule has 1 saturated carbocycles. The first-order valence-electron chi connectivity index (χ1n) is 11.3. The maximum atomic E-state index is 14.4. The zero-order valence-corrected chi connectivity index (χ0v) is 18.8. The summed E-state index contributed by atoms with van der Waals surface area (Å²) < 4.78 is 33.5. The van der Waals surface area contributed by atoms with Crippen molar-refractivity contribution in [1.82, 2.24) is 10.3 Å². The molecule has 4 rings (SSSR count). The molecule has 1 atom stereocenters. The molecule has 1 aromatic carbocycles. The number of nitrogens with zero attached hydrogens (tertiary/aromatic N) is 3. The molecule has 1 unspecified atom stereocenters. The average molecular weight is 475 g/mol. The first kappa shape index (κ1) is 23.8. The van der Waals surface area contributed by atoms with Crippen molar-refractivity contribution in [2.75, 3.05) is 23.9 Å². The Morgan fingerprint density at radius 2 is 1.97 bits per heavy atom. The Balaban J connectivity index is 1.53. The number of aromatic nitrogens is 1. The highest BCUT2D eigenvalue weighted by molar-refractivity contribution is 5.92. The lowest BCUT2D eigenvalue weighted by molar-refractivity contribution is -0.388. The fraction of sp³-hybridized carbons (Fsp3) is 0.478. The highest BCUT2D eigenvalue weighted by Gasteiger charge is 2.31. The molecule has 1 aromatic heterocycles. The monoisotopic (exact) mass is 475 g/mol. The minimum absolute atomic E-state index is 0.0551. The third kappa shape index (κ3) is 5.24. The van der Waals surface area contributed by atoms with Crippen LogP contribution in [0.4, 0.5) is 30.8 Å². The number of nitro groups is 1. The second kappa shape index (κ2) is 10.3. The van der Waals surface area contributed by atoms with Crippen LogP contribution in [-0.4, -0.2) is 41.7 Å². The number of methoxy groups -OCH3 is 1. The van der Waals surface area contributed by atoms with Gasteiger partial charge in [-0.3, -0.25) is 0 Å². The Labute approximate surface area is 195 Å². The molecule has 2 aromatic rings. The number of nitrogens with one attached hydrogen (secondary N) is 2. The smallest absolute Gasteiger partial charge is 0.381 e. The molecule has 0 radical (unpaired) electrons. The number of hydrogen-bond donors (Lipinski definition) is 2. The molecule has 2 amide bonds. The molecule has 1 saturated heterocycles. The second-order valence-corrected chi connectivity index (χ2v) is 8.65. The van der Waals surface area contributed by atoms with Gasteiger partial charge in [-0.15, -0.1) is 0 Å². The fourth-order valence-corrected chi connectivity index (χ4v) is 4.80. The Morgan fingerprint density at radius 3 is 2.68 bits per heavy atom. The van der Waals surface area contributed by atoms with Crippen LogP contribution in [0.15, 0.2) is 30.5 Å². The molecule has 9 nitrogen and oxygen atoms in total. The Morgan fingerprint density at radius 1 is 1.21 bits per heavy atom. The van der Waals surface area contributed by atoms with Crippen molar-refractivity contribution < 1.29 is 23.2 Å². The summed E-state index contributed by atoms with van der Waals surface area (Å²) in [4.78, 5) is 29.2. The lowest BCUT2D eigenvalue weighted by atomic mass is 9.93. The molecule has 182 valence electrons. The van der Waals surface area contributed by atoms with Gasteiger partial charge in [-0.1, -0.05) is 0 Å². The average Bonchev–Trinajstić information content (AvgIpc) is 3.30. The molecule has 2 N–H and O–H groups in total. The summed E-state index contributed by atoms with van der Waals surface area (Å²) >= 11 is 0. The minimum Gasteiger partial charge on any atom is -0.381 e. The number of hydrogen-bond acceptors (Lipinski definition) is 6. The van der Waals surface area contributed by atoms with E-state index in [0.717, 1.165) is 44.2 Å². The van der Waals surface area contributed by atoms with E-state index in [1.165, 1.54) is 18.3 Å². The van der Waals surface area contributed by atoms with Crippen molar-refractivity contribution in [2.45, 2.75) is 56.7 Å². The van der Waals surface area contributed by atoms with Crippen LogP contribution in [0, 0.1) is 21.7 Å². The zero-order chi connectivity index (χ0) is 24.2. The van der Waals surface area contributed by atoms with E-state index in [9.17, 15) is 23.7 Å². The van der Waals surface area contributed by atoms with Crippen molar-refractivity contribution in [3.8, 4) is 0 Å². The van der Waals surface area contributed by atoms with E-state index < -0.39 is 34.4 Å². The molecule has 2 heterocycles. The Bertz CT molecular complexity index is 1060. The molecule has 2 fully saturated rings. The molecule has 2 aliphatic rings. The van der Waals surface area contributed by atoms with Crippen molar-refractivity contribution in [2.24, 2.45) is 0 Å². The van der Waals surface area contributed by atoms with Gasteiger partial charge >= 0.3 is 11.8 Å². The first-order chi connectivity index (χ1) is 16.4. The van der Waals surface area contributed by atoms with E-state index in [-0.39, 0.29) is 23.4 Å². The minimum atomic E-state index is -0.670. The van der Waals surface area contributed by atoms with Crippen LogP contribution in [0.3, 0.4) is 0 Å². The molecule has 34 heavy (non-hydrogen) atoms. The van der Waals surface area contributed by atoms with Crippen molar-refractivity contribution in [3.63, 3.8) is 0 Å². The number of pyridine rings is 1. The molecule has 1 aliphatic carbocycles. The van der Waals surface area contributed by atoms with E-state index in [1.54, 1.807) is 7.11 Å². The van der Waals surface area contributed by atoms with Gasteiger partial charge in [-0.25, -0.2) is 13.6 Å². The third-order valence-electron chi connectivity index (χ3n) is 6.52. The standard InChI is InChI=1S/C23H27F2N5O4/c1-34-17-7-5-15(6-8-17)27-23(31)28-20-12-16(13-26-22(20)30(32)33)29-10-2-3-21(29)18-11-14(24)4-9-19(18)25/h4,9,11-13,15,17,21H,2-3,5-8,10H2,1H3,(H2,27,28,31). The number of benzene rings is 1. The summed E-state index contributed by atoms with van der Waals surface area (Å²) in [5.41, 5.74) is 0.637. The number of carbonyl (C=O) groups is 1. The van der Waals surface area contributed by atoms with Gasteiger partial charge in [0.15, 0.2) is 6.20 Å². The number of urea groups is 1. The van der Waals surface area contributed by atoms with Crippen molar-refractivity contribution >= 4 is 23.2 Å². The van der Waals surface area contributed by atoms with E-state index in [1.807, 2.05) is 4.90 Å². The highest BCUT2D eigenvalue weighted by atomic mass is 19.1. The number of anilines is 2. The number of halogens is 2. The van der Waals surface area contributed by atoms with Gasteiger partial charge in [-0.2, -0.15) is 0 Å². The Kier molecular flexibility index (Phi) is 7.20. The van der Waals surface area contributed by atoms with E-state index in [4.69, 9.17) is 4.74 Å². The van der Waals surface area contributed by atoms with Crippen molar-refractivity contribution in [1.29, 1.82) is 0 Å². The molecular weight excluding hydrogens is 448 g/mol. The van der Waals surface area contributed by atoms with Crippen LogP contribution in [0.2, 0.25) is 0 Å². The number of carbonyl (C=O) groups excluding carboxylic acids is 1. The molecule has 0 bridgehead atoms. The Hall–Kier alpha value is -3.34. The number of amides is 2. The second-order valence-electron chi connectivity index (χ2n) is 8.65. The van der Waals surface area contributed by atoms with Crippen LogP contribution in [0.1, 0.15) is 50.1 Å². The summed E-state index contributed by atoms with van der Waals surface area (Å²) in [7, 11) is 1.66. The summed E-state index contributed by atoms with van der Waals surface area (Å²) in [6, 6.07) is 3.72. The molecule has 1 aliphatic heterocycles. The van der Waals surface area contributed by atoms with E-state index in [2.05, 4.69) is 15.6 Å². The van der Waals surface area contributed by atoms with E-state index >= 15 is 0 Å². The third-order valence-corrected chi connectivity index (χ3v) is 6.52. The van der Waals surface area contributed by atoms with E-state index in [0.29, 0.717) is 18.7 Å². The van der Waals surface area contributed by atoms with Crippen LogP contribution in [0.25, 0.3) is 0 Å². The molecule has 11 heteroatoms. The lowest BCUT2D eigenvalue weighted by Gasteiger charge is -2.28. The van der Waals surface area contributed by atoms with Crippen LogP contribution >= 0.6 is 0 Å². The van der Waals surface area contributed by atoms with Gasteiger partial charge in [0.25, 0.3) is 0 Å². The lowest BCUT2D eigenvalue weighted by Crippen LogP contribution is -2.41. The fourth-order valence-electron chi connectivity index (χ4n) is 4.80. The predicted molar refractivity (Wildman–Crippen MR) is 122 cm³/mol. The summed E-state index contributed by atoms with van der Waals surface area (Å²) in [6.07, 6.45) is 5.97. The highest BCUT2D eigenvalue weighted by Crippen LogP contribution is 2.39. The van der Waals surface area contributed by atoms with Gasteiger partial charge in [0, 0.05) is 25.3 Å². The van der Waals surface area contributed by atoms with Gasteiger partial charge in [0.05, 0.1) is 17.8 Å². The first-order valence-corrected chi connectivity index (χ1v) is 11.3. The number of ether oxygens (including phenoxy) is 1. The maximum Gasteiger partial charge on any atom is 0.387 e. The summed E-state index contributed by atoms with van der Waals surface area (Å²) in [6.45, 7) is 0.536.